The largest absolute Gasteiger partial charge is 0.479 e. The standard InChI is InChI=1S/C10H14O4S/c1-6(11)7(2)14-9(10(12)13)8-4-3-5-15-8/h3-7,9,11H,1-2H3,(H,12,13). The van der Waals surface area contributed by atoms with Crippen molar-refractivity contribution in [2.24, 2.45) is 0 Å². The van der Waals surface area contributed by atoms with E-state index in [0.29, 0.717) is 4.88 Å². The highest BCUT2D eigenvalue weighted by molar-refractivity contribution is 7.10. The maximum atomic E-state index is 11.0. The first-order valence-electron chi connectivity index (χ1n) is 4.62. The Morgan fingerprint density at radius 1 is 1.53 bits per heavy atom. The van der Waals surface area contributed by atoms with Crippen molar-refractivity contribution in [2.75, 3.05) is 0 Å². The topological polar surface area (TPSA) is 66.8 Å². The van der Waals surface area contributed by atoms with Gasteiger partial charge < -0.3 is 14.9 Å². The van der Waals surface area contributed by atoms with Crippen LogP contribution in [0.1, 0.15) is 24.8 Å². The van der Waals surface area contributed by atoms with Crippen LogP contribution in [-0.4, -0.2) is 28.4 Å². The van der Waals surface area contributed by atoms with E-state index in [1.165, 1.54) is 11.3 Å². The molecule has 0 aliphatic heterocycles. The van der Waals surface area contributed by atoms with E-state index in [1.54, 1.807) is 31.4 Å². The highest BCUT2D eigenvalue weighted by Gasteiger charge is 2.25. The van der Waals surface area contributed by atoms with Gasteiger partial charge >= 0.3 is 5.97 Å². The molecule has 0 spiro atoms. The van der Waals surface area contributed by atoms with Crippen LogP contribution >= 0.6 is 11.3 Å². The number of aliphatic hydroxyl groups excluding tert-OH is 1. The molecule has 0 fully saturated rings. The number of carboxylic acids is 1. The molecule has 3 unspecified atom stereocenters. The van der Waals surface area contributed by atoms with Crippen LogP contribution in [0.15, 0.2) is 17.5 Å². The van der Waals surface area contributed by atoms with Gasteiger partial charge in [0.2, 0.25) is 0 Å². The summed E-state index contributed by atoms with van der Waals surface area (Å²) in [6.45, 7) is 3.21. The number of carboxylic acid groups (broad SMARTS) is 1. The van der Waals surface area contributed by atoms with Crippen molar-refractivity contribution in [1.82, 2.24) is 0 Å². The predicted octanol–water partition coefficient (Wildman–Crippen LogP) is 1.66. The predicted molar refractivity (Wildman–Crippen MR) is 56.9 cm³/mol. The summed E-state index contributed by atoms with van der Waals surface area (Å²) in [5, 5.41) is 20.0. The molecule has 3 atom stereocenters. The average molecular weight is 230 g/mol. The lowest BCUT2D eigenvalue weighted by atomic mass is 10.2. The maximum Gasteiger partial charge on any atom is 0.338 e. The summed E-state index contributed by atoms with van der Waals surface area (Å²) in [5.74, 6) is -1.04. The van der Waals surface area contributed by atoms with Gasteiger partial charge in [-0.2, -0.15) is 0 Å². The van der Waals surface area contributed by atoms with Crippen LogP contribution in [0.2, 0.25) is 0 Å². The van der Waals surface area contributed by atoms with Gasteiger partial charge in [0.1, 0.15) is 0 Å². The van der Waals surface area contributed by atoms with E-state index in [0.717, 1.165) is 0 Å². The molecule has 0 aliphatic rings. The van der Waals surface area contributed by atoms with Crippen LogP contribution in [0.3, 0.4) is 0 Å². The molecule has 0 saturated heterocycles. The van der Waals surface area contributed by atoms with E-state index in [4.69, 9.17) is 9.84 Å². The molecule has 0 saturated carbocycles. The van der Waals surface area contributed by atoms with Gasteiger partial charge in [-0.3, -0.25) is 0 Å². The Balaban J connectivity index is 2.72. The Labute approximate surface area is 92.1 Å². The van der Waals surface area contributed by atoms with Crippen LogP contribution in [0.4, 0.5) is 0 Å². The third-order valence-corrected chi connectivity index (χ3v) is 2.97. The van der Waals surface area contributed by atoms with E-state index < -0.39 is 24.3 Å². The van der Waals surface area contributed by atoms with Crippen molar-refractivity contribution in [2.45, 2.75) is 32.2 Å². The minimum Gasteiger partial charge on any atom is -0.479 e. The van der Waals surface area contributed by atoms with Gasteiger partial charge in [0.25, 0.3) is 0 Å². The smallest absolute Gasteiger partial charge is 0.338 e. The fourth-order valence-corrected chi connectivity index (χ4v) is 1.77. The molecule has 0 bridgehead atoms. The van der Waals surface area contributed by atoms with Crippen molar-refractivity contribution < 1.29 is 19.7 Å². The van der Waals surface area contributed by atoms with Crippen LogP contribution in [0.5, 0.6) is 0 Å². The molecule has 0 aromatic carbocycles. The Bertz CT molecular complexity index is 307. The summed E-state index contributed by atoms with van der Waals surface area (Å²) in [6, 6.07) is 3.48. The molecule has 0 radical (unpaired) electrons. The summed E-state index contributed by atoms with van der Waals surface area (Å²) < 4.78 is 5.28. The number of aliphatic hydroxyl groups is 1. The van der Waals surface area contributed by atoms with Crippen LogP contribution < -0.4 is 0 Å². The third kappa shape index (κ3) is 3.30. The highest BCUT2D eigenvalue weighted by Crippen LogP contribution is 2.24. The monoisotopic (exact) mass is 230 g/mol. The molecular weight excluding hydrogens is 216 g/mol. The lowest BCUT2D eigenvalue weighted by molar-refractivity contribution is -0.158. The van der Waals surface area contributed by atoms with Crippen molar-refractivity contribution in [3.63, 3.8) is 0 Å². The summed E-state index contributed by atoms with van der Waals surface area (Å²) >= 11 is 1.33. The van der Waals surface area contributed by atoms with Crippen molar-refractivity contribution in [3.05, 3.63) is 22.4 Å². The fourth-order valence-electron chi connectivity index (χ4n) is 1.02. The van der Waals surface area contributed by atoms with Crippen molar-refractivity contribution >= 4 is 17.3 Å². The zero-order chi connectivity index (χ0) is 11.4. The number of hydrogen-bond donors (Lipinski definition) is 2. The van der Waals surface area contributed by atoms with E-state index in [2.05, 4.69) is 0 Å². The second kappa shape index (κ2) is 5.25. The Morgan fingerprint density at radius 3 is 2.60 bits per heavy atom. The first-order chi connectivity index (χ1) is 7.02. The van der Waals surface area contributed by atoms with Gasteiger partial charge in [0.05, 0.1) is 12.2 Å². The fraction of sp³-hybridized carbons (Fsp3) is 0.500. The number of rotatable bonds is 5. The SMILES string of the molecule is CC(O)C(C)OC(C(=O)O)c1cccs1. The number of carbonyl (C=O) groups is 1. The summed E-state index contributed by atoms with van der Waals surface area (Å²) in [6.07, 6.45) is -2.19. The van der Waals surface area contributed by atoms with Gasteiger partial charge in [0, 0.05) is 4.88 Å². The zero-order valence-electron chi connectivity index (χ0n) is 8.58. The summed E-state index contributed by atoms with van der Waals surface area (Å²) in [5.41, 5.74) is 0. The number of hydrogen-bond acceptors (Lipinski definition) is 4. The number of thiophene rings is 1. The molecule has 4 nitrogen and oxygen atoms in total. The van der Waals surface area contributed by atoms with E-state index in [9.17, 15) is 9.90 Å². The molecule has 1 rings (SSSR count). The minimum atomic E-state index is -1.04. The summed E-state index contributed by atoms with van der Waals surface area (Å²) in [7, 11) is 0. The maximum absolute atomic E-state index is 11.0. The van der Waals surface area contributed by atoms with E-state index in [-0.39, 0.29) is 0 Å². The van der Waals surface area contributed by atoms with Crippen molar-refractivity contribution in [1.29, 1.82) is 0 Å². The molecule has 2 N–H and O–H groups in total. The van der Waals surface area contributed by atoms with Crippen molar-refractivity contribution in [3.8, 4) is 0 Å². The molecule has 1 aromatic rings. The molecule has 84 valence electrons. The Kier molecular flexibility index (Phi) is 4.26. The normalized spacial score (nSPS) is 17.0. The highest BCUT2D eigenvalue weighted by atomic mass is 32.1. The molecule has 1 heterocycles. The molecule has 5 heteroatoms. The van der Waals surface area contributed by atoms with Gasteiger partial charge in [-0.15, -0.1) is 11.3 Å². The first-order valence-corrected chi connectivity index (χ1v) is 5.50. The third-order valence-electron chi connectivity index (χ3n) is 2.06. The van der Waals surface area contributed by atoms with Crippen LogP contribution in [0, 0.1) is 0 Å². The summed E-state index contributed by atoms with van der Waals surface area (Å²) in [4.78, 5) is 11.6. The van der Waals surface area contributed by atoms with Gasteiger partial charge in [-0.25, -0.2) is 4.79 Å². The average Bonchev–Trinajstić information content (AvgIpc) is 2.65. The minimum absolute atomic E-state index is 0.506. The van der Waals surface area contributed by atoms with Gasteiger partial charge in [-0.05, 0) is 25.3 Å². The Morgan fingerprint density at radius 2 is 2.20 bits per heavy atom. The molecule has 0 amide bonds. The molecular formula is C10H14O4S. The van der Waals surface area contributed by atoms with Gasteiger partial charge in [-0.1, -0.05) is 6.07 Å². The van der Waals surface area contributed by atoms with Crippen LogP contribution in [-0.2, 0) is 9.53 Å². The number of ether oxygens (including phenoxy) is 1. The molecule has 0 aliphatic carbocycles. The van der Waals surface area contributed by atoms with E-state index >= 15 is 0 Å². The Hall–Kier alpha value is -0.910. The number of aliphatic carboxylic acids is 1. The lowest BCUT2D eigenvalue weighted by Crippen LogP contribution is -2.27. The van der Waals surface area contributed by atoms with Crippen LogP contribution in [0.25, 0.3) is 0 Å². The quantitative estimate of drug-likeness (QED) is 0.807. The van der Waals surface area contributed by atoms with Gasteiger partial charge in [0.15, 0.2) is 6.10 Å². The lowest BCUT2D eigenvalue weighted by Gasteiger charge is -2.20. The van der Waals surface area contributed by atoms with E-state index in [1.807, 2.05) is 0 Å². The molecule has 15 heavy (non-hydrogen) atoms. The molecule has 1 aromatic heterocycles. The second-order valence-corrected chi connectivity index (χ2v) is 4.29. The first kappa shape index (κ1) is 12.2. The zero-order valence-corrected chi connectivity index (χ0v) is 9.40. The second-order valence-electron chi connectivity index (χ2n) is 3.32.